The van der Waals surface area contributed by atoms with Crippen LogP contribution in [-0.2, 0) is 24.3 Å². The maximum atomic E-state index is 13.4. The van der Waals surface area contributed by atoms with Crippen molar-refractivity contribution in [3.63, 3.8) is 0 Å². The number of anilines is 3. The summed E-state index contributed by atoms with van der Waals surface area (Å²) in [6, 6.07) is 14.7. The van der Waals surface area contributed by atoms with Crippen LogP contribution in [0.25, 0.3) is 0 Å². The number of nitrogens with one attached hydrogen (secondary N) is 2. The number of halogens is 2. The first kappa shape index (κ1) is 27.0. The van der Waals surface area contributed by atoms with Gasteiger partial charge in [-0.05, 0) is 73.7 Å². The fraction of sp³-hybridized carbons (Fsp3) is 0.231. The molecule has 2 N–H and O–H groups in total. The third-order valence-corrected chi connectivity index (χ3v) is 7.12. The van der Waals surface area contributed by atoms with Gasteiger partial charge in [0.2, 0.25) is 0 Å². The minimum absolute atomic E-state index is 0.0790. The number of sulfonamides is 1. The predicted octanol–water partition coefficient (Wildman–Crippen LogP) is 3.79. The number of morpholine rings is 1. The minimum atomic E-state index is -4.19. The van der Waals surface area contributed by atoms with Crippen molar-refractivity contribution in [2.24, 2.45) is 0 Å². The van der Waals surface area contributed by atoms with Crippen molar-refractivity contribution < 1.29 is 36.3 Å². The van der Waals surface area contributed by atoms with Crippen molar-refractivity contribution in [1.82, 2.24) is 0 Å². The zero-order chi connectivity index (χ0) is 27.3. The van der Waals surface area contributed by atoms with E-state index >= 15 is 0 Å². The van der Waals surface area contributed by atoms with Gasteiger partial charge in [0, 0.05) is 30.2 Å². The Bertz CT molecular complexity index is 1410. The van der Waals surface area contributed by atoms with Gasteiger partial charge in [-0.3, -0.25) is 9.52 Å². The molecule has 1 amide bonds. The summed E-state index contributed by atoms with van der Waals surface area (Å²) < 4.78 is 64.1. The van der Waals surface area contributed by atoms with Crippen LogP contribution >= 0.6 is 0 Å². The second kappa shape index (κ2) is 11.6. The normalized spacial score (nSPS) is 14.4. The standard InChI is InChI=1S/C26H25F2N3O6S/c1-17(25(32)29-19-6-8-21(9-7-19)31-12-14-36-15-13-31)37-26(33)18-2-4-20(5-3-18)30-38(34,35)22-10-11-23(27)24(28)16-22/h2-11,16-17,30H,12-15H2,1H3,(H,29,32)/t17-/m1/s1. The van der Waals surface area contributed by atoms with Gasteiger partial charge >= 0.3 is 5.97 Å². The van der Waals surface area contributed by atoms with Crippen molar-refractivity contribution in [2.45, 2.75) is 17.9 Å². The second-order valence-corrected chi connectivity index (χ2v) is 10.1. The molecule has 1 saturated heterocycles. The summed E-state index contributed by atoms with van der Waals surface area (Å²) in [5, 5.41) is 2.70. The first-order valence-electron chi connectivity index (χ1n) is 11.6. The summed E-state index contributed by atoms with van der Waals surface area (Å²) in [4.78, 5) is 26.7. The smallest absolute Gasteiger partial charge is 0.338 e. The number of hydrogen-bond acceptors (Lipinski definition) is 7. The minimum Gasteiger partial charge on any atom is -0.449 e. The number of nitrogens with zero attached hydrogens (tertiary/aromatic N) is 1. The van der Waals surface area contributed by atoms with Crippen LogP contribution in [0, 0.1) is 11.6 Å². The number of amides is 1. The lowest BCUT2D eigenvalue weighted by molar-refractivity contribution is -0.123. The highest BCUT2D eigenvalue weighted by molar-refractivity contribution is 7.92. The molecule has 9 nitrogen and oxygen atoms in total. The van der Waals surface area contributed by atoms with Gasteiger partial charge in [-0.25, -0.2) is 22.0 Å². The van der Waals surface area contributed by atoms with E-state index in [0.717, 1.165) is 24.8 Å². The van der Waals surface area contributed by atoms with E-state index in [-0.39, 0.29) is 11.3 Å². The molecule has 38 heavy (non-hydrogen) atoms. The van der Waals surface area contributed by atoms with E-state index < -0.39 is 44.5 Å². The first-order chi connectivity index (χ1) is 18.1. The summed E-state index contributed by atoms with van der Waals surface area (Å²) in [7, 11) is -4.19. The van der Waals surface area contributed by atoms with Crippen LogP contribution in [0.1, 0.15) is 17.3 Å². The SMILES string of the molecule is C[C@@H](OC(=O)c1ccc(NS(=O)(=O)c2ccc(F)c(F)c2)cc1)C(=O)Nc1ccc(N2CCOCC2)cc1. The molecular weight excluding hydrogens is 520 g/mol. The Labute approximate surface area is 218 Å². The summed E-state index contributed by atoms with van der Waals surface area (Å²) in [6.07, 6.45) is -1.10. The number of hydrogen-bond donors (Lipinski definition) is 2. The molecule has 1 heterocycles. The van der Waals surface area contributed by atoms with Crippen molar-refractivity contribution in [1.29, 1.82) is 0 Å². The van der Waals surface area contributed by atoms with Gasteiger partial charge in [-0.15, -0.1) is 0 Å². The third-order valence-electron chi connectivity index (χ3n) is 5.74. The Balaban J connectivity index is 1.31. The fourth-order valence-corrected chi connectivity index (χ4v) is 4.71. The van der Waals surface area contributed by atoms with E-state index in [9.17, 15) is 26.8 Å². The number of rotatable bonds is 8. The highest BCUT2D eigenvalue weighted by Gasteiger charge is 2.21. The van der Waals surface area contributed by atoms with Gasteiger partial charge in [-0.1, -0.05) is 0 Å². The topological polar surface area (TPSA) is 114 Å². The maximum Gasteiger partial charge on any atom is 0.338 e. The number of carbonyl (C=O) groups is 2. The largest absolute Gasteiger partial charge is 0.449 e. The molecule has 4 rings (SSSR count). The van der Waals surface area contributed by atoms with Crippen molar-refractivity contribution in [3.05, 3.63) is 83.9 Å². The Hall–Kier alpha value is -4.03. The van der Waals surface area contributed by atoms with E-state index in [1.807, 2.05) is 12.1 Å². The van der Waals surface area contributed by atoms with Crippen molar-refractivity contribution >= 4 is 39.0 Å². The predicted molar refractivity (Wildman–Crippen MR) is 137 cm³/mol. The average molecular weight is 546 g/mol. The molecule has 0 aromatic heterocycles. The van der Waals surface area contributed by atoms with Crippen molar-refractivity contribution in [2.75, 3.05) is 41.2 Å². The van der Waals surface area contributed by atoms with E-state index in [1.54, 1.807) is 12.1 Å². The van der Waals surface area contributed by atoms with Crippen molar-refractivity contribution in [3.8, 4) is 0 Å². The molecule has 3 aromatic rings. The number of ether oxygens (including phenoxy) is 2. The molecule has 0 unspecified atom stereocenters. The molecule has 1 atom stereocenters. The lowest BCUT2D eigenvalue weighted by Crippen LogP contribution is -2.36. The Morgan fingerprint density at radius 2 is 1.55 bits per heavy atom. The number of carbonyl (C=O) groups excluding carboxylic acids is 2. The van der Waals surface area contributed by atoms with Gasteiger partial charge in [0.25, 0.3) is 15.9 Å². The Morgan fingerprint density at radius 3 is 2.18 bits per heavy atom. The molecule has 200 valence electrons. The van der Waals surface area contributed by atoms with Crippen LogP contribution < -0.4 is 14.9 Å². The van der Waals surface area contributed by atoms with Gasteiger partial charge in [-0.2, -0.15) is 0 Å². The van der Waals surface area contributed by atoms with E-state index in [1.165, 1.54) is 31.2 Å². The monoisotopic (exact) mass is 545 g/mol. The summed E-state index contributed by atoms with van der Waals surface area (Å²) in [5.41, 5.74) is 1.72. The highest BCUT2D eigenvalue weighted by Crippen LogP contribution is 2.21. The maximum absolute atomic E-state index is 13.4. The Kier molecular flexibility index (Phi) is 8.23. The quantitative estimate of drug-likeness (QED) is 0.414. The first-order valence-corrected chi connectivity index (χ1v) is 13.1. The molecule has 0 saturated carbocycles. The van der Waals surface area contributed by atoms with Crippen LogP contribution in [0.4, 0.5) is 25.8 Å². The highest BCUT2D eigenvalue weighted by atomic mass is 32.2. The lowest BCUT2D eigenvalue weighted by atomic mass is 10.2. The molecule has 1 aliphatic rings. The molecule has 0 aliphatic carbocycles. The second-order valence-electron chi connectivity index (χ2n) is 8.44. The van der Waals surface area contributed by atoms with Crippen LogP contribution in [0.3, 0.4) is 0 Å². The third kappa shape index (κ3) is 6.64. The van der Waals surface area contributed by atoms with E-state index in [2.05, 4.69) is 14.9 Å². The molecule has 1 fully saturated rings. The van der Waals surface area contributed by atoms with E-state index in [0.29, 0.717) is 31.0 Å². The lowest BCUT2D eigenvalue weighted by Gasteiger charge is -2.28. The summed E-state index contributed by atoms with van der Waals surface area (Å²) >= 11 is 0. The summed E-state index contributed by atoms with van der Waals surface area (Å²) in [5.74, 6) is -3.77. The van der Waals surface area contributed by atoms with Crippen LogP contribution in [0.5, 0.6) is 0 Å². The molecule has 0 spiro atoms. The van der Waals surface area contributed by atoms with Gasteiger partial charge in [0.15, 0.2) is 17.7 Å². The van der Waals surface area contributed by atoms with E-state index in [4.69, 9.17) is 9.47 Å². The van der Waals surface area contributed by atoms with Crippen LogP contribution in [0.15, 0.2) is 71.6 Å². The van der Waals surface area contributed by atoms with Gasteiger partial charge in [0.05, 0.1) is 23.7 Å². The molecule has 3 aromatic carbocycles. The van der Waals surface area contributed by atoms with Gasteiger partial charge in [0.1, 0.15) is 0 Å². The number of benzene rings is 3. The summed E-state index contributed by atoms with van der Waals surface area (Å²) in [6.45, 7) is 4.34. The zero-order valence-electron chi connectivity index (χ0n) is 20.3. The van der Waals surface area contributed by atoms with Crippen LogP contribution in [0.2, 0.25) is 0 Å². The Morgan fingerprint density at radius 1 is 0.921 bits per heavy atom. The molecule has 12 heteroatoms. The zero-order valence-corrected chi connectivity index (χ0v) is 21.1. The number of esters is 1. The average Bonchev–Trinajstić information content (AvgIpc) is 2.91. The molecule has 0 bridgehead atoms. The fourth-order valence-electron chi connectivity index (χ4n) is 3.64. The van der Waals surface area contributed by atoms with Gasteiger partial charge < -0.3 is 19.7 Å². The molecular formula is C26H25F2N3O6S. The molecule has 0 radical (unpaired) electrons. The molecule has 1 aliphatic heterocycles. The van der Waals surface area contributed by atoms with Crippen LogP contribution in [-0.4, -0.2) is 52.7 Å².